The zero-order valence-electron chi connectivity index (χ0n) is 28.3. The number of nitrogens with one attached hydrogen (secondary N) is 4. The summed E-state index contributed by atoms with van der Waals surface area (Å²) in [4.78, 5) is 70.1. The molecule has 0 aliphatic heterocycles. The molecule has 1 heterocycles. The van der Waals surface area contributed by atoms with Gasteiger partial charge < -0.3 is 37.2 Å². The number of rotatable bonds is 15. The summed E-state index contributed by atoms with van der Waals surface area (Å²) in [6.45, 7) is 5.52. The van der Waals surface area contributed by atoms with E-state index in [9.17, 15) is 24.0 Å². The number of benzene rings is 3. The van der Waals surface area contributed by atoms with Crippen LogP contribution in [0.5, 0.6) is 0 Å². The second kappa shape index (κ2) is 17.4. The van der Waals surface area contributed by atoms with Crippen LogP contribution in [0.1, 0.15) is 48.2 Å². The summed E-state index contributed by atoms with van der Waals surface area (Å²) in [7, 11) is 0. The molecule has 0 aliphatic rings. The molecule has 8 N–H and O–H groups in total. The molecule has 0 unspecified atom stereocenters. The first-order valence-corrected chi connectivity index (χ1v) is 16.3. The van der Waals surface area contributed by atoms with Gasteiger partial charge in [-0.1, -0.05) is 62.4 Å². The molecule has 262 valence electrons. The van der Waals surface area contributed by atoms with Crippen molar-refractivity contribution >= 4 is 46.2 Å². The predicted octanol–water partition coefficient (Wildman–Crippen LogP) is 2.76. The van der Waals surface area contributed by atoms with Crippen LogP contribution in [0.3, 0.4) is 0 Å². The number of nitrogens with two attached hydrogens (primary N) is 2. The Morgan fingerprint density at radius 3 is 2.14 bits per heavy atom. The summed E-state index contributed by atoms with van der Waals surface area (Å²) in [5.41, 5.74) is 13.0. The maximum absolute atomic E-state index is 13.8. The molecule has 4 aromatic rings. The molecular formula is C37H43N7O6. The van der Waals surface area contributed by atoms with E-state index in [0.717, 1.165) is 11.1 Å². The Morgan fingerprint density at radius 1 is 0.800 bits per heavy atom. The molecule has 0 aliphatic carbocycles. The second-order valence-electron chi connectivity index (χ2n) is 12.3. The van der Waals surface area contributed by atoms with Gasteiger partial charge >= 0.3 is 5.63 Å². The van der Waals surface area contributed by atoms with Crippen LogP contribution in [0.25, 0.3) is 11.0 Å². The predicted molar refractivity (Wildman–Crippen MR) is 192 cm³/mol. The van der Waals surface area contributed by atoms with Crippen molar-refractivity contribution in [2.24, 2.45) is 22.4 Å². The first kappa shape index (κ1) is 36.8. The molecule has 1 aromatic heterocycles. The van der Waals surface area contributed by atoms with E-state index >= 15 is 0 Å². The Labute approximate surface area is 289 Å². The number of hydrogen-bond donors (Lipinski definition) is 6. The van der Waals surface area contributed by atoms with Gasteiger partial charge in [0.1, 0.15) is 23.7 Å². The van der Waals surface area contributed by atoms with Crippen molar-refractivity contribution in [3.05, 3.63) is 112 Å². The third-order valence-corrected chi connectivity index (χ3v) is 7.98. The summed E-state index contributed by atoms with van der Waals surface area (Å²) in [5, 5.41) is 11.9. The summed E-state index contributed by atoms with van der Waals surface area (Å²) in [5.74, 6) is -2.62. The lowest BCUT2D eigenvalue weighted by Gasteiger charge is -2.27. The average Bonchev–Trinajstić information content (AvgIpc) is 3.08. The Kier molecular flexibility index (Phi) is 12.8. The lowest BCUT2D eigenvalue weighted by molar-refractivity contribution is -0.132. The SMILES string of the molecule is Cc1cc(=O)oc2cc(NC(=O)[C@H](CCCN=C(N)N)NC(=O)[C@H](NC(=O)[C@H](Cc3ccccc3)NC(=O)c3ccccc3)C(C)C)ccc12. The van der Waals surface area contributed by atoms with Crippen molar-refractivity contribution in [2.45, 2.75) is 58.2 Å². The van der Waals surface area contributed by atoms with Crippen LogP contribution >= 0.6 is 0 Å². The smallest absolute Gasteiger partial charge is 0.336 e. The molecule has 4 amide bonds. The largest absolute Gasteiger partial charge is 0.423 e. The number of fused-ring (bicyclic) bond motifs is 1. The molecular weight excluding hydrogens is 638 g/mol. The highest BCUT2D eigenvalue weighted by Crippen LogP contribution is 2.21. The Balaban J connectivity index is 1.53. The van der Waals surface area contributed by atoms with Gasteiger partial charge in [-0.2, -0.15) is 0 Å². The van der Waals surface area contributed by atoms with Gasteiger partial charge in [0.25, 0.3) is 5.91 Å². The molecule has 3 aromatic carbocycles. The minimum absolute atomic E-state index is 0.102. The minimum Gasteiger partial charge on any atom is -0.423 e. The van der Waals surface area contributed by atoms with Gasteiger partial charge in [0.15, 0.2) is 5.96 Å². The van der Waals surface area contributed by atoms with Crippen LogP contribution in [0, 0.1) is 12.8 Å². The van der Waals surface area contributed by atoms with Gasteiger partial charge in [-0.05, 0) is 61.1 Å². The number of guanidine groups is 1. The Hall–Kier alpha value is -5.98. The third-order valence-electron chi connectivity index (χ3n) is 7.98. The van der Waals surface area contributed by atoms with E-state index in [1.165, 1.54) is 12.1 Å². The first-order chi connectivity index (χ1) is 23.9. The number of amides is 4. The van der Waals surface area contributed by atoms with Crippen molar-refractivity contribution in [1.29, 1.82) is 0 Å². The molecule has 13 nitrogen and oxygen atoms in total. The highest BCUT2D eigenvalue weighted by atomic mass is 16.4. The molecule has 13 heteroatoms. The molecule has 0 saturated heterocycles. The van der Waals surface area contributed by atoms with Crippen LogP contribution in [-0.2, 0) is 20.8 Å². The molecule has 0 radical (unpaired) electrons. The van der Waals surface area contributed by atoms with Gasteiger partial charge in [0.05, 0.1) is 0 Å². The Bertz CT molecular complexity index is 1890. The van der Waals surface area contributed by atoms with E-state index in [1.54, 1.807) is 63.2 Å². The highest BCUT2D eigenvalue weighted by molar-refractivity contribution is 6.01. The molecule has 3 atom stereocenters. The number of aryl methyl sites for hydroxylation is 1. The van der Waals surface area contributed by atoms with Crippen LogP contribution in [0.4, 0.5) is 5.69 Å². The molecule has 0 saturated carbocycles. The van der Waals surface area contributed by atoms with Crippen molar-refractivity contribution in [3.8, 4) is 0 Å². The number of hydrogen-bond acceptors (Lipinski definition) is 7. The fourth-order valence-electron chi connectivity index (χ4n) is 5.34. The molecule has 0 spiro atoms. The zero-order chi connectivity index (χ0) is 36.2. The fourth-order valence-corrected chi connectivity index (χ4v) is 5.34. The number of aliphatic imine (C=N–C) groups is 1. The summed E-state index contributed by atoms with van der Waals surface area (Å²) in [6.07, 6.45) is 0.697. The van der Waals surface area contributed by atoms with Crippen molar-refractivity contribution in [3.63, 3.8) is 0 Å². The van der Waals surface area contributed by atoms with Gasteiger partial charge in [-0.15, -0.1) is 0 Å². The Morgan fingerprint density at radius 2 is 1.48 bits per heavy atom. The summed E-state index contributed by atoms with van der Waals surface area (Å²) in [6, 6.07) is 20.9. The fraction of sp³-hybridized carbons (Fsp3) is 0.297. The monoisotopic (exact) mass is 681 g/mol. The van der Waals surface area contributed by atoms with Gasteiger partial charge in [0.2, 0.25) is 17.7 Å². The van der Waals surface area contributed by atoms with E-state index in [-0.39, 0.29) is 25.3 Å². The van der Waals surface area contributed by atoms with Crippen LogP contribution < -0.4 is 38.4 Å². The standard InChI is InChI=1S/C37H43N7O6/c1-22(2)32(44-35(48)29(20-24-11-6-4-7-12-24)43-33(46)25-13-8-5-9-14-25)36(49)42-28(15-10-18-40-37(38)39)34(47)41-26-16-17-27-23(3)19-31(45)50-30(27)21-26/h4-9,11-14,16-17,19,21-22,28-29,32H,10,15,18,20H2,1-3H3,(H,41,47)(H,42,49)(H,43,46)(H,44,48)(H4,38,39,40)/t28-,29-,32+/m0/s1. The van der Waals surface area contributed by atoms with Gasteiger partial charge in [-0.3, -0.25) is 24.2 Å². The second-order valence-corrected chi connectivity index (χ2v) is 12.3. The van der Waals surface area contributed by atoms with E-state index in [1.807, 2.05) is 30.3 Å². The lowest BCUT2D eigenvalue weighted by atomic mass is 10.00. The number of nitrogens with zero attached hydrogens (tertiary/aromatic N) is 1. The molecule has 0 fully saturated rings. The topological polar surface area (TPSA) is 211 Å². The highest BCUT2D eigenvalue weighted by Gasteiger charge is 2.32. The molecule has 0 bridgehead atoms. The van der Waals surface area contributed by atoms with Crippen molar-refractivity contribution in [1.82, 2.24) is 16.0 Å². The minimum atomic E-state index is -1.06. The van der Waals surface area contributed by atoms with Crippen molar-refractivity contribution < 1.29 is 23.6 Å². The van der Waals surface area contributed by atoms with Crippen LogP contribution in [-0.4, -0.2) is 54.3 Å². The third kappa shape index (κ3) is 10.5. The van der Waals surface area contributed by atoms with Crippen molar-refractivity contribution in [2.75, 3.05) is 11.9 Å². The van der Waals surface area contributed by atoms with Crippen LogP contribution in [0.15, 0.2) is 99.1 Å². The van der Waals surface area contributed by atoms with Gasteiger partial charge in [0, 0.05) is 41.7 Å². The summed E-state index contributed by atoms with van der Waals surface area (Å²) < 4.78 is 5.31. The lowest BCUT2D eigenvalue weighted by Crippen LogP contribution is -2.58. The number of carbonyl (C=O) groups excluding carboxylic acids is 4. The number of anilines is 1. The normalized spacial score (nSPS) is 12.7. The average molecular weight is 682 g/mol. The first-order valence-electron chi connectivity index (χ1n) is 16.3. The maximum Gasteiger partial charge on any atom is 0.336 e. The van der Waals surface area contributed by atoms with Crippen LogP contribution in [0.2, 0.25) is 0 Å². The van der Waals surface area contributed by atoms with Gasteiger partial charge in [-0.25, -0.2) is 4.79 Å². The number of carbonyl (C=O) groups is 4. The zero-order valence-corrected chi connectivity index (χ0v) is 28.3. The quantitative estimate of drug-likeness (QED) is 0.0474. The van der Waals surface area contributed by atoms with E-state index in [4.69, 9.17) is 15.9 Å². The maximum atomic E-state index is 13.8. The van der Waals surface area contributed by atoms with E-state index in [0.29, 0.717) is 28.6 Å². The molecule has 50 heavy (non-hydrogen) atoms. The van der Waals surface area contributed by atoms with E-state index < -0.39 is 53.3 Å². The molecule has 4 rings (SSSR count). The van der Waals surface area contributed by atoms with E-state index in [2.05, 4.69) is 26.3 Å². The summed E-state index contributed by atoms with van der Waals surface area (Å²) >= 11 is 0.